The van der Waals surface area contributed by atoms with Crippen molar-refractivity contribution in [2.45, 2.75) is 44.7 Å². The van der Waals surface area contributed by atoms with E-state index in [1.807, 2.05) is 25.1 Å². The van der Waals surface area contributed by atoms with Gasteiger partial charge in [-0.1, -0.05) is 18.9 Å². The summed E-state index contributed by atoms with van der Waals surface area (Å²) in [5.74, 6) is 0.802. The molecule has 5 heteroatoms. The van der Waals surface area contributed by atoms with Crippen molar-refractivity contribution < 1.29 is 9.53 Å². The lowest BCUT2D eigenvalue weighted by Crippen LogP contribution is -2.44. The van der Waals surface area contributed by atoms with Crippen LogP contribution in [0.2, 0.25) is 0 Å². The fourth-order valence-corrected chi connectivity index (χ4v) is 3.40. The predicted molar refractivity (Wildman–Crippen MR) is 87.2 cm³/mol. The molecule has 1 aromatic carbocycles. The van der Waals surface area contributed by atoms with Gasteiger partial charge >= 0.3 is 0 Å². The molecule has 0 spiro atoms. The molecule has 1 fully saturated rings. The van der Waals surface area contributed by atoms with Crippen molar-refractivity contribution in [1.29, 1.82) is 0 Å². The lowest BCUT2D eigenvalue weighted by atomic mass is 9.84. The molecule has 1 saturated carbocycles. The maximum Gasteiger partial charge on any atom is 0.225 e. The monoisotopic (exact) mass is 354 g/mol. The molecular weight excluding hydrogens is 332 g/mol. The lowest BCUT2D eigenvalue weighted by Gasteiger charge is -2.28. The average molecular weight is 355 g/mol. The van der Waals surface area contributed by atoms with Gasteiger partial charge in [-0.05, 0) is 53.4 Å². The first kappa shape index (κ1) is 16.3. The van der Waals surface area contributed by atoms with Crippen molar-refractivity contribution >= 4 is 21.8 Å². The number of halogens is 1. The molecule has 3 atom stereocenters. The molecule has 21 heavy (non-hydrogen) atoms. The topological polar surface area (TPSA) is 64.3 Å². The summed E-state index contributed by atoms with van der Waals surface area (Å²) in [6, 6.07) is 5.79. The number of benzene rings is 1. The van der Waals surface area contributed by atoms with E-state index in [9.17, 15) is 4.79 Å². The smallest absolute Gasteiger partial charge is 0.225 e. The molecule has 4 nitrogen and oxygen atoms in total. The van der Waals surface area contributed by atoms with E-state index in [0.29, 0.717) is 0 Å². The minimum absolute atomic E-state index is 0.00597. The molecule has 0 heterocycles. The summed E-state index contributed by atoms with van der Waals surface area (Å²) in [4.78, 5) is 12.4. The number of methoxy groups -OCH3 is 1. The Morgan fingerprint density at radius 2 is 2.14 bits per heavy atom. The Balaban J connectivity index is 2.01. The van der Waals surface area contributed by atoms with E-state index in [1.165, 1.54) is 0 Å². The van der Waals surface area contributed by atoms with Gasteiger partial charge in [-0.15, -0.1) is 0 Å². The third-order valence-electron chi connectivity index (χ3n) is 4.19. The number of carbonyl (C=O) groups excluding carboxylic acids is 1. The Bertz CT molecular complexity index is 507. The molecule has 1 aromatic rings. The van der Waals surface area contributed by atoms with Gasteiger partial charge in [0.15, 0.2) is 0 Å². The summed E-state index contributed by atoms with van der Waals surface area (Å²) in [5.41, 5.74) is 7.11. The first-order chi connectivity index (χ1) is 10.0. The van der Waals surface area contributed by atoms with E-state index in [0.717, 1.165) is 41.5 Å². The van der Waals surface area contributed by atoms with Crippen LogP contribution in [0.15, 0.2) is 22.7 Å². The summed E-state index contributed by atoms with van der Waals surface area (Å²) < 4.78 is 6.11. The summed E-state index contributed by atoms with van der Waals surface area (Å²) in [5, 5.41) is 3.08. The number of nitrogens with one attached hydrogen (secondary N) is 1. The van der Waals surface area contributed by atoms with Crippen LogP contribution in [0, 0.1) is 5.92 Å². The van der Waals surface area contributed by atoms with Crippen molar-refractivity contribution in [1.82, 2.24) is 5.32 Å². The minimum Gasteiger partial charge on any atom is -0.496 e. The predicted octanol–water partition coefficient (Wildman–Crippen LogP) is 3.15. The molecule has 0 bridgehead atoms. The average Bonchev–Trinajstić information content (AvgIpc) is 2.47. The lowest BCUT2D eigenvalue weighted by molar-refractivity contribution is -0.127. The van der Waals surface area contributed by atoms with E-state index < -0.39 is 0 Å². The summed E-state index contributed by atoms with van der Waals surface area (Å²) in [6.45, 7) is 1.99. The molecule has 1 aliphatic carbocycles. The highest BCUT2D eigenvalue weighted by Gasteiger charge is 2.29. The van der Waals surface area contributed by atoms with Crippen molar-refractivity contribution in [3.8, 4) is 5.75 Å². The summed E-state index contributed by atoms with van der Waals surface area (Å²) in [6.07, 6.45) is 4.06. The SMILES string of the molecule is COc1ccc(C(C)NC(=O)C2CCCCC2N)cc1Br. The molecular formula is C16H23BrN2O2. The van der Waals surface area contributed by atoms with Gasteiger partial charge in [-0.2, -0.15) is 0 Å². The highest BCUT2D eigenvalue weighted by atomic mass is 79.9. The number of hydrogen-bond acceptors (Lipinski definition) is 3. The van der Waals surface area contributed by atoms with Crippen LogP contribution in [0.3, 0.4) is 0 Å². The van der Waals surface area contributed by atoms with Crippen LogP contribution in [-0.2, 0) is 4.79 Å². The molecule has 1 amide bonds. The molecule has 1 aliphatic rings. The third kappa shape index (κ3) is 3.98. The van der Waals surface area contributed by atoms with Crippen LogP contribution in [0.4, 0.5) is 0 Å². The Morgan fingerprint density at radius 1 is 1.43 bits per heavy atom. The third-order valence-corrected chi connectivity index (χ3v) is 4.81. The highest BCUT2D eigenvalue weighted by Crippen LogP contribution is 2.29. The van der Waals surface area contributed by atoms with Crippen molar-refractivity contribution in [2.75, 3.05) is 7.11 Å². The van der Waals surface area contributed by atoms with Crippen LogP contribution in [0.25, 0.3) is 0 Å². The summed E-state index contributed by atoms with van der Waals surface area (Å²) in [7, 11) is 1.63. The Labute approximate surface area is 134 Å². The normalized spacial score (nSPS) is 23.4. The van der Waals surface area contributed by atoms with E-state index in [4.69, 9.17) is 10.5 Å². The number of hydrogen-bond donors (Lipinski definition) is 2. The maximum absolute atomic E-state index is 12.4. The second-order valence-corrected chi connectivity index (χ2v) is 6.53. The van der Waals surface area contributed by atoms with Crippen LogP contribution in [0.1, 0.15) is 44.2 Å². The van der Waals surface area contributed by atoms with E-state index in [2.05, 4.69) is 21.2 Å². The van der Waals surface area contributed by atoms with Gasteiger partial charge in [0.05, 0.1) is 23.5 Å². The maximum atomic E-state index is 12.4. The van der Waals surface area contributed by atoms with Crippen molar-refractivity contribution in [2.24, 2.45) is 11.7 Å². The molecule has 2 rings (SSSR count). The van der Waals surface area contributed by atoms with Crippen LogP contribution < -0.4 is 15.8 Å². The van der Waals surface area contributed by atoms with Crippen LogP contribution in [-0.4, -0.2) is 19.1 Å². The minimum atomic E-state index is -0.0529. The number of nitrogens with two attached hydrogens (primary N) is 1. The van der Waals surface area contributed by atoms with Gasteiger partial charge in [0.25, 0.3) is 0 Å². The number of ether oxygens (including phenoxy) is 1. The van der Waals surface area contributed by atoms with Gasteiger partial charge in [0.1, 0.15) is 5.75 Å². The quantitative estimate of drug-likeness (QED) is 0.872. The molecule has 3 N–H and O–H groups in total. The zero-order valence-corrected chi connectivity index (χ0v) is 14.2. The highest BCUT2D eigenvalue weighted by molar-refractivity contribution is 9.10. The van der Waals surface area contributed by atoms with Gasteiger partial charge in [-0.25, -0.2) is 0 Å². The standard InChI is InChI=1S/C16H23BrN2O2/c1-10(11-7-8-15(21-2)13(17)9-11)19-16(20)12-5-3-4-6-14(12)18/h7-10,12,14H,3-6,18H2,1-2H3,(H,19,20). The number of amides is 1. The van der Waals surface area contributed by atoms with Gasteiger partial charge in [0, 0.05) is 6.04 Å². The van der Waals surface area contributed by atoms with E-state index in [1.54, 1.807) is 7.11 Å². The second-order valence-electron chi connectivity index (χ2n) is 5.68. The Hall–Kier alpha value is -1.07. The zero-order chi connectivity index (χ0) is 15.4. The molecule has 0 aromatic heterocycles. The largest absolute Gasteiger partial charge is 0.496 e. The Kier molecular flexibility index (Phi) is 5.65. The fourth-order valence-electron chi connectivity index (χ4n) is 2.84. The second kappa shape index (κ2) is 7.27. The number of carbonyl (C=O) groups is 1. The fraction of sp³-hybridized carbons (Fsp3) is 0.562. The van der Waals surface area contributed by atoms with Gasteiger partial charge in [-0.3, -0.25) is 4.79 Å². The first-order valence-electron chi connectivity index (χ1n) is 7.42. The molecule has 0 radical (unpaired) electrons. The zero-order valence-electron chi connectivity index (χ0n) is 12.6. The Morgan fingerprint density at radius 3 is 2.76 bits per heavy atom. The van der Waals surface area contributed by atoms with E-state index in [-0.39, 0.29) is 23.9 Å². The van der Waals surface area contributed by atoms with Gasteiger partial charge in [0.2, 0.25) is 5.91 Å². The van der Waals surface area contributed by atoms with Crippen molar-refractivity contribution in [3.05, 3.63) is 28.2 Å². The number of rotatable bonds is 4. The van der Waals surface area contributed by atoms with Gasteiger partial charge < -0.3 is 15.8 Å². The molecule has 0 aliphatic heterocycles. The van der Waals surface area contributed by atoms with E-state index >= 15 is 0 Å². The molecule has 116 valence electrons. The van der Waals surface area contributed by atoms with Crippen LogP contribution in [0.5, 0.6) is 5.75 Å². The molecule has 0 saturated heterocycles. The summed E-state index contributed by atoms with van der Waals surface area (Å²) >= 11 is 3.47. The van der Waals surface area contributed by atoms with Crippen molar-refractivity contribution in [3.63, 3.8) is 0 Å². The molecule has 3 unspecified atom stereocenters. The van der Waals surface area contributed by atoms with Crippen LogP contribution >= 0.6 is 15.9 Å². The first-order valence-corrected chi connectivity index (χ1v) is 8.21.